The average molecular weight is 587 g/mol. The summed E-state index contributed by atoms with van der Waals surface area (Å²) in [6, 6.07) is 18.9. The molecule has 10 nitrogen and oxygen atoms in total. The maximum absolute atomic E-state index is 13.5. The molecule has 2 heterocycles. The molecule has 39 heavy (non-hydrogen) atoms. The van der Waals surface area contributed by atoms with Crippen molar-refractivity contribution in [3.05, 3.63) is 93.6 Å². The number of methoxy groups -OCH3 is 1. The van der Waals surface area contributed by atoms with Gasteiger partial charge in [-0.15, -0.1) is 22.7 Å². The molecule has 0 aliphatic heterocycles. The lowest BCUT2D eigenvalue weighted by atomic mass is 10.0. The number of benzene rings is 2. The maximum Gasteiger partial charge on any atom is 0.407 e. The largest absolute Gasteiger partial charge is 0.453 e. The molecule has 4 rings (SSSR count). The number of nitrogens with one attached hydrogen (secondary N) is 3. The van der Waals surface area contributed by atoms with Crippen LogP contribution in [-0.4, -0.2) is 38.6 Å². The summed E-state index contributed by atoms with van der Waals surface area (Å²) < 4.78 is 30.5. The van der Waals surface area contributed by atoms with Crippen LogP contribution in [0.2, 0.25) is 0 Å². The molecule has 0 unspecified atom stereocenters. The van der Waals surface area contributed by atoms with Crippen molar-refractivity contribution < 1.29 is 27.0 Å². The number of thiophene rings is 1. The topological polar surface area (TPSA) is 136 Å². The zero-order valence-corrected chi connectivity index (χ0v) is 23.3. The first-order valence-corrected chi connectivity index (χ1v) is 14.6. The van der Waals surface area contributed by atoms with Gasteiger partial charge in [-0.3, -0.25) is 4.79 Å². The summed E-state index contributed by atoms with van der Waals surface area (Å²) >= 11 is 3.01. The highest BCUT2D eigenvalue weighted by Crippen LogP contribution is 2.30. The third-order valence-corrected chi connectivity index (χ3v) is 7.71. The van der Waals surface area contributed by atoms with Gasteiger partial charge in [0.15, 0.2) is 0 Å². The number of anilines is 1. The highest BCUT2D eigenvalue weighted by molar-refractivity contribution is 7.67. The normalized spacial score (nSPS) is 12.5. The van der Waals surface area contributed by atoms with Gasteiger partial charge in [0.25, 0.3) is 11.0 Å². The Morgan fingerprint density at radius 3 is 2.33 bits per heavy atom. The predicted octanol–water partition coefficient (Wildman–Crippen LogP) is 4.11. The van der Waals surface area contributed by atoms with Crippen molar-refractivity contribution >= 4 is 51.3 Å². The van der Waals surface area contributed by atoms with E-state index in [-0.39, 0.29) is 12.3 Å². The number of thiazole rings is 1. The standard InChI is InChI=1S/C26H26N4O6S3/c1-35-26(32)29-20(14-17-6-3-2-4-7-17)24(31)27-21(25-28-22(16-38-25)23-8-5-13-37-23)15-18-9-11-19(12-10-18)30-36-39(33)34/h2-13,16,20-21,30,39H,14-15H2,1H3,(H,27,31)(H,29,32)/t20-,21-/m0/s1. The van der Waals surface area contributed by atoms with Gasteiger partial charge >= 0.3 is 6.09 Å². The second-order valence-corrected chi connectivity index (χ2v) is 10.8. The molecule has 0 aliphatic carbocycles. The molecule has 2 aromatic carbocycles. The summed E-state index contributed by atoms with van der Waals surface area (Å²) in [6.07, 6.45) is -0.0343. The molecule has 2 amide bonds. The number of alkyl carbamates (subject to hydrolysis) is 1. The van der Waals surface area contributed by atoms with E-state index in [1.807, 2.05) is 53.2 Å². The van der Waals surface area contributed by atoms with Gasteiger partial charge in [0.1, 0.15) is 11.0 Å². The summed E-state index contributed by atoms with van der Waals surface area (Å²) in [6.45, 7) is 0. The number of ether oxygens (including phenoxy) is 1. The van der Waals surface area contributed by atoms with Gasteiger partial charge in [0, 0.05) is 11.8 Å². The van der Waals surface area contributed by atoms with E-state index in [2.05, 4.69) is 20.4 Å². The molecule has 0 bridgehead atoms. The quantitative estimate of drug-likeness (QED) is 0.144. The van der Waals surface area contributed by atoms with Gasteiger partial charge in [-0.2, -0.15) is 4.28 Å². The van der Waals surface area contributed by atoms with Crippen LogP contribution < -0.4 is 16.1 Å². The number of carbonyl (C=O) groups excluding carboxylic acids is 2. The Bertz CT molecular complexity index is 1430. The van der Waals surface area contributed by atoms with Crippen LogP contribution in [0.5, 0.6) is 0 Å². The second-order valence-electron chi connectivity index (χ2n) is 8.31. The second kappa shape index (κ2) is 13.8. The van der Waals surface area contributed by atoms with Crippen molar-refractivity contribution in [3.8, 4) is 10.6 Å². The Balaban J connectivity index is 1.57. The molecule has 2 aromatic heterocycles. The minimum absolute atomic E-state index is 0.273. The Kier molecular flexibility index (Phi) is 10.0. The van der Waals surface area contributed by atoms with E-state index in [9.17, 15) is 18.0 Å². The molecule has 3 N–H and O–H groups in total. The van der Waals surface area contributed by atoms with E-state index in [1.54, 1.807) is 35.6 Å². The third-order valence-electron chi connectivity index (χ3n) is 5.62. The molecule has 0 saturated heterocycles. The molecule has 2 atom stereocenters. The lowest BCUT2D eigenvalue weighted by Gasteiger charge is -2.22. The summed E-state index contributed by atoms with van der Waals surface area (Å²) in [5.41, 5.74) is 5.37. The summed E-state index contributed by atoms with van der Waals surface area (Å²) in [7, 11) is -1.79. The molecule has 4 aromatic rings. The number of aromatic nitrogens is 1. The number of amides is 2. The molecule has 0 saturated carbocycles. The Morgan fingerprint density at radius 1 is 0.923 bits per heavy atom. The molecular formula is C26H26N4O6S3. The number of hydrogen-bond donors (Lipinski definition) is 4. The lowest BCUT2D eigenvalue weighted by Crippen LogP contribution is -2.49. The van der Waals surface area contributed by atoms with Gasteiger partial charge in [-0.1, -0.05) is 48.5 Å². The van der Waals surface area contributed by atoms with E-state index < -0.39 is 29.2 Å². The van der Waals surface area contributed by atoms with Gasteiger partial charge in [-0.25, -0.2) is 23.7 Å². The van der Waals surface area contributed by atoms with Gasteiger partial charge in [-0.05, 0) is 41.1 Å². The van der Waals surface area contributed by atoms with Crippen molar-refractivity contribution in [2.24, 2.45) is 0 Å². The minimum atomic E-state index is -3.04. The van der Waals surface area contributed by atoms with Crippen LogP contribution in [0.3, 0.4) is 0 Å². The maximum atomic E-state index is 13.5. The van der Waals surface area contributed by atoms with Crippen LogP contribution in [0, 0.1) is 0 Å². The molecular weight excluding hydrogens is 561 g/mol. The number of hydrogen-bond acceptors (Lipinski definition) is 10. The van der Waals surface area contributed by atoms with E-state index in [0.717, 1.165) is 21.7 Å². The molecule has 0 fully saturated rings. The zero-order chi connectivity index (χ0) is 27.6. The monoisotopic (exact) mass is 586 g/mol. The zero-order valence-electron chi connectivity index (χ0n) is 20.7. The molecule has 0 radical (unpaired) electrons. The van der Waals surface area contributed by atoms with Crippen molar-refractivity contribution in [1.82, 2.24) is 15.6 Å². The van der Waals surface area contributed by atoms with E-state index in [1.165, 1.54) is 18.4 Å². The lowest BCUT2D eigenvalue weighted by molar-refractivity contribution is -0.123. The van der Waals surface area contributed by atoms with Gasteiger partial charge in [0.2, 0.25) is 5.91 Å². The van der Waals surface area contributed by atoms with Crippen LogP contribution in [0.4, 0.5) is 10.5 Å². The average Bonchev–Trinajstić information content (AvgIpc) is 3.65. The number of thiol groups is 1. The third kappa shape index (κ3) is 8.35. The van der Waals surface area contributed by atoms with Crippen LogP contribution in [0.15, 0.2) is 77.5 Å². The van der Waals surface area contributed by atoms with Crippen LogP contribution in [0.1, 0.15) is 22.2 Å². The predicted molar refractivity (Wildman–Crippen MR) is 151 cm³/mol. The Labute approximate surface area is 235 Å². The minimum Gasteiger partial charge on any atom is -0.453 e. The molecule has 0 spiro atoms. The smallest absolute Gasteiger partial charge is 0.407 e. The molecule has 13 heteroatoms. The number of carbonyl (C=O) groups is 2. The number of rotatable bonds is 12. The number of nitrogens with zero attached hydrogens (tertiary/aromatic N) is 1. The van der Waals surface area contributed by atoms with Crippen molar-refractivity contribution in [3.63, 3.8) is 0 Å². The summed E-state index contributed by atoms with van der Waals surface area (Å²) in [4.78, 5) is 31.4. The van der Waals surface area contributed by atoms with Crippen LogP contribution in [-0.2, 0) is 37.6 Å². The van der Waals surface area contributed by atoms with E-state index in [0.29, 0.717) is 17.1 Å². The molecule has 0 aliphatic rings. The first kappa shape index (κ1) is 28.2. The fourth-order valence-electron chi connectivity index (χ4n) is 3.75. The van der Waals surface area contributed by atoms with Crippen molar-refractivity contribution in [2.75, 3.05) is 12.6 Å². The molecule has 204 valence electrons. The van der Waals surface area contributed by atoms with Gasteiger partial charge < -0.3 is 15.4 Å². The SMILES string of the molecule is COC(=O)N[C@@H](Cc1ccccc1)C(=O)N[C@@H](Cc1ccc(NO[SH](=O)=O)cc1)c1nc(-c2cccs2)cs1. The van der Waals surface area contributed by atoms with Crippen molar-refractivity contribution in [1.29, 1.82) is 0 Å². The van der Waals surface area contributed by atoms with E-state index >= 15 is 0 Å². The highest BCUT2D eigenvalue weighted by Gasteiger charge is 2.26. The fraction of sp³-hybridized carbons (Fsp3) is 0.192. The first-order chi connectivity index (χ1) is 18.9. The van der Waals surface area contributed by atoms with Crippen molar-refractivity contribution in [2.45, 2.75) is 24.9 Å². The van der Waals surface area contributed by atoms with Crippen LogP contribution in [0.25, 0.3) is 10.6 Å². The Hall–Kier alpha value is -3.78. The highest BCUT2D eigenvalue weighted by atomic mass is 32.2. The summed E-state index contributed by atoms with van der Waals surface area (Å²) in [5, 5.41) is 10.3. The van der Waals surface area contributed by atoms with Gasteiger partial charge in [0.05, 0.1) is 29.4 Å². The fourth-order valence-corrected chi connectivity index (χ4v) is 5.56. The van der Waals surface area contributed by atoms with Crippen LogP contribution >= 0.6 is 22.7 Å². The Morgan fingerprint density at radius 2 is 1.67 bits per heavy atom. The summed E-state index contributed by atoms with van der Waals surface area (Å²) in [5.74, 6) is -0.381. The van der Waals surface area contributed by atoms with E-state index in [4.69, 9.17) is 9.72 Å². The first-order valence-electron chi connectivity index (χ1n) is 11.8.